The number of aryl methyl sites for hydroxylation is 1. The zero-order valence-electron chi connectivity index (χ0n) is 14.8. The van der Waals surface area contributed by atoms with E-state index in [2.05, 4.69) is 15.8 Å². The predicted octanol–water partition coefficient (Wildman–Crippen LogP) is 2.82. The minimum atomic E-state index is -0.602. The van der Waals surface area contributed by atoms with Crippen molar-refractivity contribution in [2.45, 2.75) is 13.5 Å². The van der Waals surface area contributed by atoms with Crippen LogP contribution >= 0.6 is 35.0 Å². The van der Waals surface area contributed by atoms with E-state index in [0.29, 0.717) is 27.2 Å². The van der Waals surface area contributed by atoms with Crippen LogP contribution in [0.5, 0.6) is 0 Å². The Labute approximate surface area is 175 Å². The highest BCUT2D eigenvalue weighted by atomic mass is 35.5. The van der Waals surface area contributed by atoms with Gasteiger partial charge in [-0.05, 0) is 24.6 Å². The van der Waals surface area contributed by atoms with Gasteiger partial charge in [0.25, 0.3) is 5.91 Å². The summed E-state index contributed by atoms with van der Waals surface area (Å²) in [6, 6.07) is 6.50. The molecule has 8 nitrogen and oxygen atoms in total. The second-order valence-electron chi connectivity index (χ2n) is 5.54. The van der Waals surface area contributed by atoms with Crippen LogP contribution < -0.4 is 10.6 Å². The average molecular weight is 446 g/mol. The molecule has 150 valence electrons. The molecular weight excluding hydrogens is 429 g/mol. The van der Waals surface area contributed by atoms with Crippen molar-refractivity contribution in [3.8, 4) is 0 Å². The summed E-state index contributed by atoms with van der Waals surface area (Å²) in [6.45, 7) is 1.46. The number of aromatic nitrogens is 1. The van der Waals surface area contributed by atoms with Crippen LogP contribution in [0.3, 0.4) is 0 Å². The van der Waals surface area contributed by atoms with E-state index in [1.165, 1.54) is 0 Å². The van der Waals surface area contributed by atoms with E-state index < -0.39 is 18.5 Å². The van der Waals surface area contributed by atoms with Crippen molar-refractivity contribution in [2.24, 2.45) is 0 Å². The fourth-order valence-electron chi connectivity index (χ4n) is 1.93. The third kappa shape index (κ3) is 7.79. The van der Waals surface area contributed by atoms with Gasteiger partial charge in [-0.15, -0.1) is 11.8 Å². The van der Waals surface area contributed by atoms with Crippen molar-refractivity contribution in [1.82, 2.24) is 10.5 Å². The summed E-state index contributed by atoms with van der Waals surface area (Å²) in [4.78, 5) is 35.1. The van der Waals surface area contributed by atoms with Crippen LogP contribution in [0.1, 0.15) is 11.3 Å². The molecule has 2 amide bonds. The molecule has 0 fully saturated rings. The zero-order chi connectivity index (χ0) is 20.5. The normalized spacial score (nSPS) is 10.4. The molecule has 0 aliphatic rings. The summed E-state index contributed by atoms with van der Waals surface area (Å²) >= 11 is 12.9. The van der Waals surface area contributed by atoms with E-state index in [1.54, 1.807) is 31.2 Å². The van der Waals surface area contributed by atoms with Gasteiger partial charge < -0.3 is 19.9 Å². The van der Waals surface area contributed by atoms with E-state index in [0.717, 1.165) is 11.8 Å². The predicted molar refractivity (Wildman–Crippen MR) is 106 cm³/mol. The van der Waals surface area contributed by atoms with Crippen LogP contribution in [-0.4, -0.2) is 41.1 Å². The standard InChI is InChI=1S/C17H17Cl2N3O5S/c1-10-4-14(22-27-10)21-16(24)8-28-9-17(25)26-7-15(23)20-6-11-2-3-12(18)5-13(11)19/h2-5H,6-9H2,1H3,(H,20,23)(H,21,22,24). The molecule has 11 heteroatoms. The number of hydrogen-bond acceptors (Lipinski definition) is 7. The lowest BCUT2D eigenvalue weighted by molar-refractivity contribution is -0.145. The number of nitrogens with zero attached hydrogens (tertiary/aromatic N) is 1. The highest BCUT2D eigenvalue weighted by Crippen LogP contribution is 2.20. The molecule has 1 heterocycles. The summed E-state index contributed by atoms with van der Waals surface area (Å²) < 4.78 is 9.69. The topological polar surface area (TPSA) is 111 Å². The second kappa shape index (κ2) is 10.9. The summed E-state index contributed by atoms with van der Waals surface area (Å²) in [5.41, 5.74) is 0.689. The molecule has 0 radical (unpaired) electrons. The maximum atomic E-state index is 11.7. The fraction of sp³-hybridized carbons (Fsp3) is 0.294. The Balaban J connectivity index is 1.59. The minimum absolute atomic E-state index is 0.0300. The Bertz CT molecular complexity index is 859. The first-order chi connectivity index (χ1) is 13.3. The van der Waals surface area contributed by atoms with Crippen LogP contribution in [0.2, 0.25) is 10.0 Å². The lowest BCUT2D eigenvalue weighted by atomic mass is 10.2. The second-order valence-corrected chi connectivity index (χ2v) is 7.37. The van der Waals surface area contributed by atoms with E-state index in [4.69, 9.17) is 32.5 Å². The Hall–Kier alpha value is -2.23. The number of rotatable bonds is 9. The number of benzene rings is 1. The number of ether oxygens (including phenoxy) is 1. The Morgan fingerprint density at radius 1 is 1.18 bits per heavy atom. The lowest BCUT2D eigenvalue weighted by Crippen LogP contribution is -2.29. The first-order valence-electron chi connectivity index (χ1n) is 8.00. The van der Waals surface area contributed by atoms with Crippen molar-refractivity contribution >= 4 is 58.6 Å². The summed E-state index contributed by atoms with van der Waals surface area (Å²) in [7, 11) is 0. The van der Waals surface area contributed by atoms with Gasteiger partial charge in [0.2, 0.25) is 5.91 Å². The Morgan fingerprint density at radius 2 is 1.96 bits per heavy atom. The van der Waals surface area contributed by atoms with Crippen molar-refractivity contribution in [3.63, 3.8) is 0 Å². The van der Waals surface area contributed by atoms with Crippen LogP contribution in [0.4, 0.5) is 5.82 Å². The molecule has 0 atom stereocenters. The quantitative estimate of drug-likeness (QED) is 0.570. The Morgan fingerprint density at radius 3 is 2.64 bits per heavy atom. The third-order valence-corrected chi connectivity index (χ3v) is 4.70. The van der Waals surface area contributed by atoms with E-state index in [-0.39, 0.29) is 24.0 Å². The van der Waals surface area contributed by atoms with E-state index in [1.807, 2.05) is 0 Å². The number of carbonyl (C=O) groups excluding carboxylic acids is 3. The van der Waals surface area contributed by atoms with Crippen LogP contribution in [0, 0.1) is 6.92 Å². The number of carbonyl (C=O) groups is 3. The summed E-state index contributed by atoms with van der Waals surface area (Å²) in [5, 5.41) is 9.67. The van der Waals surface area contributed by atoms with Crippen molar-refractivity contribution < 1.29 is 23.6 Å². The monoisotopic (exact) mass is 445 g/mol. The first-order valence-corrected chi connectivity index (χ1v) is 9.91. The van der Waals surface area contributed by atoms with Crippen LogP contribution in [-0.2, 0) is 25.7 Å². The van der Waals surface area contributed by atoms with Gasteiger partial charge in [-0.3, -0.25) is 14.4 Å². The molecule has 2 aromatic rings. The smallest absolute Gasteiger partial charge is 0.316 e. The van der Waals surface area contributed by atoms with E-state index >= 15 is 0 Å². The molecule has 0 saturated carbocycles. The van der Waals surface area contributed by atoms with Gasteiger partial charge in [-0.1, -0.05) is 34.4 Å². The van der Waals surface area contributed by atoms with Gasteiger partial charge in [0, 0.05) is 22.7 Å². The van der Waals surface area contributed by atoms with Gasteiger partial charge in [-0.2, -0.15) is 0 Å². The number of thioether (sulfide) groups is 1. The summed E-state index contributed by atoms with van der Waals surface area (Å²) in [5.74, 6) is -0.558. The molecule has 2 N–H and O–H groups in total. The maximum absolute atomic E-state index is 11.7. The highest BCUT2D eigenvalue weighted by Gasteiger charge is 2.11. The number of halogens is 2. The van der Waals surface area contributed by atoms with E-state index in [9.17, 15) is 14.4 Å². The molecule has 28 heavy (non-hydrogen) atoms. The average Bonchev–Trinajstić information content (AvgIpc) is 3.03. The van der Waals surface area contributed by atoms with Crippen molar-refractivity contribution in [3.05, 3.63) is 45.6 Å². The van der Waals surface area contributed by atoms with Gasteiger partial charge in [0.05, 0.1) is 11.5 Å². The van der Waals surface area contributed by atoms with Gasteiger partial charge >= 0.3 is 5.97 Å². The number of nitrogens with one attached hydrogen (secondary N) is 2. The van der Waals surface area contributed by atoms with Crippen LogP contribution in [0.15, 0.2) is 28.8 Å². The molecule has 0 aliphatic carbocycles. The van der Waals surface area contributed by atoms with Crippen molar-refractivity contribution in [1.29, 1.82) is 0 Å². The largest absolute Gasteiger partial charge is 0.455 e. The molecule has 2 rings (SSSR count). The van der Waals surface area contributed by atoms with Gasteiger partial charge in [0.1, 0.15) is 5.76 Å². The fourth-order valence-corrected chi connectivity index (χ4v) is 3.01. The maximum Gasteiger partial charge on any atom is 0.316 e. The highest BCUT2D eigenvalue weighted by molar-refractivity contribution is 8.00. The molecule has 0 bridgehead atoms. The first kappa shape index (κ1) is 22.1. The lowest BCUT2D eigenvalue weighted by Gasteiger charge is -2.08. The molecule has 0 saturated heterocycles. The molecule has 0 aliphatic heterocycles. The van der Waals surface area contributed by atoms with Crippen LogP contribution in [0.25, 0.3) is 0 Å². The number of amides is 2. The SMILES string of the molecule is Cc1cc(NC(=O)CSCC(=O)OCC(=O)NCc2ccc(Cl)cc2Cl)no1. The third-order valence-electron chi connectivity index (χ3n) is 3.20. The Kier molecular flexibility index (Phi) is 8.62. The van der Waals surface area contributed by atoms with Gasteiger partial charge in [0.15, 0.2) is 12.4 Å². The van der Waals surface area contributed by atoms with Gasteiger partial charge in [-0.25, -0.2) is 0 Å². The zero-order valence-corrected chi connectivity index (χ0v) is 17.1. The number of esters is 1. The number of hydrogen-bond donors (Lipinski definition) is 2. The molecule has 1 aromatic carbocycles. The molecule has 0 unspecified atom stereocenters. The minimum Gasteiger partial charge on any atom is -0.455 e. The summed E-state index contributed by atoms with van der Waals surface area (Å²) in [6.07, 6.45) is 0. The molecular formula is C17H17Cl2N3O5S. The van der Waals surface area contributed by atoms with Crippen molar-refractivity contribution in [2.75, 3.05) is 23.4 Å². The molecule has 1 aromatic heterocycles. The molecule has 0 spiro atoms. The number of anilines is 1.